The first-order valence-electron chi connectivity index (χ1n) is 5.56. The van der Waals surface area contributed by atoms with E-state index in [1.165, 1.54) is 0 Å². The van der Waals surface area contributed by atoms with Gasteiger partial charge in [-0.05, 0) is 25.4 Å². The van der Waals surface area contributed by atoms with E-state index in [4.69, 9.17) is 5.73 Å². The van der Waals surface area contributed by atoms with Crippen molar-refractivity contribution in [1.29, 1.82) is 0 Å². The van der Waals surface area contributed by atoms with Crippen LogP contribution in [0.25, 0.3) is 0 Å². The van der Waals surface area contributed by atoms with Gasteiger partial charge in [-0.25, -0.2) is 4.98 Å². The lowest BCUT2D eigenvalue weighted by molar-refractivity contribution is -0.122. The average molecular weight is 273 g/mol. The Bertz CT molecular complexity index is 354. The highest BCUT2D eigenvalue weighted by atomic mass is 32.2. The fourth-order valence-corrected chi connectivity index (χ4v) is 2.48. The minimum Gasteiger partial charge on any atom is -0.354 e. The molecule has 96 valence electrons. The lowest BCUT2D eigenvalue weighted by Gasteiger charge is -2.10. The van der Waals surface area contributed by atoms with E-state index in [0.717, 1.165) is 29.3 Å². The first kappa shape index (κ1) is 14.5. The molecule has 1 amide bonds. The molecule has 0 aliphatic rings. The lowest BCUT2D eigenvalue weighted by Crippen LogP contribution is -2.41. The molecular weight excluding hydrogens is 254 g/mol. The molecule has 0 spiro atoms. The van der Waals surface area contributed by atoms with E-state index in [0.29, 0.717) is 6.54 Å². The van der Waals surface area contributed by atoms with Gasteiger partial charge in [0.05, 0.1) is 16.7 Å². The van der Waals surface area contributed by atoms with Gasteiger partial charge < -0.3 is 11.1 Å². The van der Waals surface area contributed by atoms with E-state index in [1.54, 1.807) is 23.1 Å². The molecule has 3 N–H and O–H groups in total. The molecule has 1 atom stereocenters. The molecule has 0 saturated carbocycles. The summed E-state index contributed by atoms with van der Waals surface area (Å²) in [5.74, 6) is 0.853. The minimum atomic E-state index is -0.389. The molecule has 0 unspecified atom stereocenters. The Labute approximate surface area is 110 Å². The standard InChI is InChI=1S/C11H19N3OS2/c1-8-14-9(7-17-8)3-5-13-11(15)10(12)4-6-16-2/h7,10H,3-6,12H2,1-2H3,(H,13,15)/t10-/m0/s1. The highest BCUT2D eigenvalue weighted by molar-refractivity contribution is 7.98. The van der Waals surface area contributed by atoms with Crippen LogP contribution in [0, 0.1) is 6.92 Å². The molecule has 0 saturated heterocycles. The summed E-state index contributed by atoms with van der Waals surface area (Å²) in [4.78, 5) is 15.9. The number of nitrogens with two attached hydrogens (primary N) is 1. The zero-order valence-corrected chi connectivity index (χ0v) is 11.9. The van der Waals surface area contributed by atoms with Gasteiger partial charge in [0.1, 0.15) is 0 Å². The fourth-order valence-electron chi connectivity index (χ4n) is 1.34. The number of rotatable bonds is 7. The van der Waals surface area contributed by atoms with Gasteiger partial charge >= 0.3 is 0 Å². The highest BCUT2D eigenvalue weighted by Crippen LogP contribution is 2.07. The zero-order chi connectivity index (χ0) is 12.7. The minimum absolute atomic E-state index is 0.0639. The summed E-state index contributed by atoms with van der Waals surface area (Å²) in [7, 11) is 0. The first-order chi connectivity index (χ1) is 8.13. The molecule has 0 aliphatic carbocycles. The Morgan fingerprint density at radius 1 is 1.71 bits per heavy atom. The van der Waals surface area contributed by atoms with E-state index in [1.807, 2.05) is 18.6 Å². The van der Waals surface area contributed by atoms with Gasteiger partial charge in [-0.3, -0.25) is 4.79 Å². The van der Waals surface area contributed by atoms with Gasteiger partial charge in [-0.1, -0.05) is 0 Å². The van der Waals surface area contributed by atoms with Crippen molar-refractivity contribution in [3.05, 3.63) is 16.1 Å². The molecule has 1 aromatic rings. The SMILES string of the molecule is CSCC[C@H](N)C(=O)NCCc1csc(C)n1. The van der Waals surface area contributed by atoms with Gasteiger partial charge in [-0.15, -0.1) is 11.3 Å². The average Bonchev–Trinajstić information content (AvgIpc) is 2.71. The third-order valence-corrected chi connectivity index (χ3v) is 3.78. The van der Waals surface area contributed by atoms with E-state index < -0.39 is 0 Å². The second kappa shape index (κ2) is 7.68. The molecule has 0 fully saturated rings. The van der Waals surface area contributed by atoms with Gasteiger partial charge in [0.15, 0.2) is 0 Å². The number of aryl methyl sites for hydroxylation is 1. The molecule has 4 nitrogen and oxygen atoms in total. The third kappa shape index (κ3) is 5.52. The first-order valence-corrected chi connectivity index (χ1v) is 7.84. The van der Waals surface area contributed by atoms with Crippen LogP contribution in [0.5, 0.6) is 0 Å². The molecule has 1 aromatic heterocycles. The van der Waals surface area contributed by atoms with Crippen LogP contribution in [-0.4, -0.2) is 35.5 Å². The van der Waals surface area contributed by atoms with Crippen molar-refractivity contribution in [1.82, 2.24) is 10.3 Å². The Morgan fingerprint density at radius 2 is 2.47 bits per heavy atom. The highest BCUT2D eigenvalue weighted by Gasteiger charge is 2.11. The summed E-state index contributed by atoms with van der Waals surface area (Å²) < 4.78 is 0. The molecule has 0 bridgehead atoms. The van der Waals surface area contributed by atoms with Crippen molar-refractivity contribution >= 4 is 29.0 Å². The molecule has 0 aliphatic heterocycles. The summed E-state index contributed by atoms with van der Waals surface area (Å²) >= 11 is 3.33. The zero-order valence-electron chi connectivity index (χ0n) is 10.2. The van der Waals surface area contributed by atoms with Crippen molar-refractivity contribution in [2.45, 2.75) is 25.8 Å². The van der Waals surface area contributed by atoms with Crippen molar-refractivity contribution < 1.29 is 4.79 Å². The van der Waals surface area contributed by atoms with Gasteiger partial charge in [0.25, 0.3) is 0 Å². The van der Waals surface area contributed by atoms with Crippen LogP contribution in [0.2, 0.25) is 0 Å². The van der Waals surface area contributed by atoms with Crippen molar-refractivity contribution in [3.63, 3.8) is 0 Å². The molecule has 0 aromatic carbocycles. The number of thioether (sulfide) groups is 1. The molecule has 1 rings (SSSR count). The smallest absolute Gasteiger partial charge is 0.236 e. The number of carbonyl (C=O) groups excluding carboxylic acids is 1. The van der Waals surface area contributed by atoms with E-state index in [2.05, 4.69) is 10.3 Å². The van der Waals surface area contributed by atoms with Crippen LogP contribution >= 0.6 is 23.1 Å². The molecule has 6 heteroatoms. The Hall–Kier alpha value is -0.590. The van der Waals surface area contributed by atoms with Crippen molar-refractivity contribution in [3.8, 4) is 0 Å². The van der Waals surface area contributed by atoms with E-state index in [9.17, 15) is 4.79 Å². The number of amides is 1. The summed E-state index contributed by atoms with van der Waals surface area (Å²) in [6.45, 7) is 2.58. The third-order valence-electron chi connectivity index (χ3n) is 2.32. The summed E-state index contributed by atoms with van der Waals surface area (Å²) in [5, 5.41) is 5.92. The Kier molecular flexibility index (Phi) is 6.54. The summed E-state index contributed by atoms with van der Waals surface area (Å²) in [6.07, 6.45) is 3.50. The van der Waals surface area contributed by atoms with Crippen LogP contribution in [0.4, 0.5) is 0 Å². The largest absolute Gasteiger partial charge is 0.354 e. The second-order valence-corrected chi connectivity index (χ2v) is 5.83. The number of hydrogen-bond donors (Lipinski definition) is 2. The van der Waals surface area contributed by atoms with Gasteiger partial charge in [0, 0.05) is 18.3 Å². The lowest BCUT2D eigenvalue weighted by atomic mass is 10.2. The van der Waals surface area contributed by atoms with E-state index in [-0.39, 0.29) is 11.9 Å². The van der Waals surface area contributed by atoms with Gasteiger partial charge in [-0.2, -0.15) is 11.8 Å². The van der Waals surface area contributed by atoms with Crippen molar-refractivity contribution in [2.24, 2.45) is 5.73 Å². The second-order valence-electron chi connectivity index (χ2n) is 3.79. The number of hydrogen-bond acceptors (Lipinski definition) is 5. The topological polar surface area (TPSA) is 68.0 Å². The molecule has 1 heterocycles. The molecular formula is C11H19N3OS2. The quantitative estimate of drug-likeness (QED) is 0.783. The maximum Gasteiger partial charge on any atom is 0.236 e. The number of nitrogens with one attached hydrogen (secondary N) is 1. The van der Waals surface area contributed by atoms with Crippen molar-refractivity contribution in [2.75, 3.05) is 18.6 Å². The van der Waals surface area contributed by atoms with Crippen LogP contribution in [0.15, 0.2) is 5.38 Å². The van der Waals surface area contributed by atoms with Crippen LogP contribution in [-0.2, 0) is 11.2 Å². The fraction of sp³-hybridized carbons (Fsp3) is 0.636. The Balaban J connectivity index is 2.19. The summed E-state index contributed by atoms with van der Waals surface area (Å²) in [6, 6.07) is -0.389. The van der Waals surface area contributed by atoms with E-state index >= 15 is 0 Å². The van der Waals surface area contributed by atoms with Gasteiger partial charge in [0.2, 0.25) is 5.91 Å². The van der Waals surface area contributed by atoms with Crippen LogP contribution in [0.1, 0.15) is 17.1 Å². The molecule has 17 heavy (non-hydrogen) atoms. The number of carbonyl (C=O) groups is 1. The maximum absolute atomic E-state index is 11.6. The van der Waals surface area contributed by atoms with Crippen LogP contribution < -0.4 is 11.1 Å². The predicted molar refractivity (Wildman–Crippen MR) is 74.5 cm³/mol. The van der Waals surface area contributed by atoms with Crippen LogP contribution in [0.3, 0.4) is 0 Å². The monoisotopic (exact) mass is 273 g/mol. The predicted octanol–water partition coefficient (Wildman–Crippen LogP) is 1.19. The Morgan fingerprint density at radius 3 is 3.06 bits per heavy atom. The molecule has 0 radical (unpaired) electrons. The summed E-state index contributed by atoms with van der Waals surface area (Å²) in [5.41, 5.74) is 6.78. The number of thiazole rings is 1. The maximum atomic E-state index is 11.6. The number of nitrogens with zero attached hydrogens (tertiary/aromatic N) is 1. The normalized spacial score (nSPS) is 12.4. The number of aromatic nitrogens is 1.